The van der Waals surface area contributed by atoms with Gasteiger partial charge in [0, 0.05) is 11.3 Å². The van der Waals surface area contributed by atoms with E-state index >= 15 is 0 Å². The molecule has 0 fully saturated rings. The zero-order chi connectivity index (χ0) is 9.68. The molecule has 0 saturated carbocycles. The molecule has 2 nitrogen and oxygen atoms in total. The lowest BCUT2D eigenvalue weighted by atomic mass is 10.1. The van der Waals surface area contributed by atoms with Gasteiger partial charge < -0.3 is 5.11 Å². The molecule has 0 radical (unpaired) electrons. The molecule has 0 aromatic heterocycles. The molecule has 13 heavy (non-hydrogen) atoms. The minimum atomic E-state index is 0.178. The minimum absolute atomic E-state index is 0.178. The van der Waals surface area contributed by atoms with Crippen LogP contribution in [-0.4, -0.2) is 10.9 Å². The molecule has 0 amide bonds. The fourth-order valence-corrected chi connectivity index (χ4v) is 1.04. The van der Waals surface area contributed by atoms with Gasteiger partial charge in [-0.25, -0.2) is 0 Å². The van der Waals surface area contributed by atoms with Crippen molar-refractivity contribution in [3.8, 4) is 11.8 Å². The van der Waals surface area contributed by atoms with Crippen molar-refractivity contribution in [1.29, 1.82) is 5.26 Å². The van der Waals surface area contributed by atoms with E-state index < -0.39 is 0 Å². The monoisotopic (exact) mass is 191 g/mol. The Hall–Kier alpha value is -1.40. The Morgan fingerprint density at radius 1 is 1.54 bits per heavy atom. The first-order valence-electron chi connectivity index (χ1n) is 3.78. The molecular weight excluding hydrogens is 182 g/mol. The van der Waals surface area contributed by atoms with Crippen molar-refractivity contribution >= 4 is 18.7 Å². The van der Waals surface area contributed by atoms with Gasteiger partial charge in [0.15, 0.2) is 0 Å². The molecule has 0 heterocycles. The quantitative estimate of drug-likeness (QED) is 0.704. The average molecular weight is 191 g/mol. The van der Waals surface area contributed by atoms with Crippen LogP contribution in [0.4, 0.5) is 0 Å². The van der Waals surface area contributed by atoms with Crippen LogP contribution in [0.15, 0.2) is 24.3 Å². The van der Waals surface area contributed by atoms with Crippen molar-refractivity contribution in [2.24, 2.45) is 0 Å². The van der Waals surface area contributed by atoms with Crippen LogP contribution < -0.4 is 0 Å². The summed E-state index contributed by atoms with van der Waals surface area (Å²) in [4.78, 5) is 0. The summed E-state index contributed by atoms with van der Waals surface area (Å²) in [7, 11) is 0. The highest BCUT2D eigenvalue weighted by Crippen LogP contribution is 2.19. The summed E-state index contributed by atoms with van der Waals surface area (Å²) in [6.45, 7) is 0. The van der Waals surface area contributed by atoms with Gasteiger partial charge >= 0.3 is 0 Å². The highest BCUT2D eigenvalue weighted by Gasteiger charge is 1.97. The largest absolute Gasteiger partial charge is 0.507 e. The zero-order valence-electron chi connectivity index (χ0n) is 6.94. The maximum atomic E-state index is 9.37. The van der Waals surface area contributed by atoms with E-state index in [2.05, 4.69) is 12.6 Å². The van der Waals surface area contributed by atoms with Gasteiger partial charge in [0.25, 0.3) is 0 Å². The second-order valence-electron chi connectivity index (χ2n) is 2.47. The van der Waals surface area contributed by atoms with Crippen molar-refractivity contribution in [3.63, 3.8) is 0 Å². The fourth-order valence-electron chi connectivity index (χ4n) is 0.937. The highest BCUT2D eigenvalue weighted by atomic mass is 32.1. The summed E-state index contributed by atoms with van der Waals surface area (Å²) in [5.41, 5.74) is 1.18. The predicted octanol–water partition coefficient (Wildman–Crippen LogP) is 2.21. The molecule has 1 rings (SSSR count). The topological polar surface area (TPSA) is 44.0 Å². The lowest BCUT2D eigenvalue weighted by Gasteiger charge is -1.98. The van der Waals surface area contributed by atoms with Crippen molar-refractivity contribution in [1.82, 2.24) is 0 Å². The number of thiol groups is 1. The molecule has 0 bridgehead atoms. The van der Waals surface area contributed by atoms with E-state index in [4.69, 9.17) is 5.26 Å². The number of rotatable bonds is 2. The third-order valence-electron chi connectivity index (χ3n) is 1.56. The standard InChI is InChI=1S/C10H9NOS/c11-7-8-3-4-10(12)9(6-8)2-1-5-13/h1-4,6,12-13H,5H2. The Morgan fingerprint density at radius 3 is 2.92 bits per heavy atom. The summed E-state index contributed by atoms with van der Waals surface area (Å²) in [6, 6.07) is 6.73. The molecule has 1 aromatic rings. The molecule has 0 saturated heterocycles. The van der Waals surface area contributed by atoms with Crippen molar-refractivity contribution in [3.05, 3.63) is 35.4 Å². The molecule has 0 unspecified atom stereocenters. The number of phenolic OH excluding ortho intramolecular Hbond substituents is 1. The maximum absolute atomic E-state index is 9.37. The highest BCUT2D eigenvalue weighted by molar-refractivity contribution is 7.80. The Kier molecular flexibility index (Phi) is 3.41. The van der Waals surface area contributed by atoms with Crippen LogP contribution in [0, 0.1) is 11.3 Å². The Labute approximate surface area is 82.5 Å². The van der Waals surface area contributed by atoms with Gasteiger partial charge in [0.2, 0.25) is 0 Å². The van der Waals surface area contributed by atoms with Crippen LogP contribution in [0.25, 0.3) is 6.08 Å². The fraction of sp³-hybridized carbons (Fsp3) is 0.100. The van der Waals surface area contributed by atoms with Gasteiger partial charge in [-0.2, -0.15) is 17.9 Å². The van der Waals surface area contributed by atoms with Gasteiger partial charge in [-0.3, -0.25) is 0 Å². The van der Waals surface area contributed by atoms with Gasteiger partial charge in [-0.15, -0.1) is 0 Å². The van der Waals surface area contributed by atoms with Crippen LogP contribution >= 0.6 is 12.6 Å². The summed E-state index contributed by atoms with van der Waals surface area (Å²) < 4.78 is 0. The van der Waals surface area contributed by atoms with E-state index in [1.165, 1.54) is 6.07 Å². The van der Waals surface area contributed by atoms with E-state index in [1.807, 2.05) is 6.07 Å². The molecule has 0 aliphatic heterocycles. The zero-order valence-corrected chi connectivity index (χ0v) is 7.83. The molecule has 0 atom stereocenters. The second kappa shape index (κ2) is 4.58. The first-order valence-corrected chi connectivity index (χ1v) is 4.41. The number of hydrogen-bond donors (Lipinski definition) is 2. The van der Waals surface area contributed by atoms with Gasteiger partial charge in [0.05, 0.1) is 11.6 Å². The van der Waals surface area contributed by atoms with E-state index in [1.54, 1.807) is 24.3 Å². The lowest BCUT2D eigenvalue weighted by molar-refractivity contribution is 0.474. The van der Waals surface area contributed by atoms with Crippen molar-refractivity contribution < 1.29 is 5.11 Å². The van der Waals surface area contributed by atoms with Gasteiger partial charge in [0.1, 0.15) is 5.75 Å². The molecule has 66 valence electrons. The Balaban J connectivity index is 3.06. The van der Waals surface area contributed by atoms with Crippen LogP contribution in [-0.2, 0) is 0 Å². The third kappa shape index (κ3) is 2.53. The summed E-state index contributed by atoms with van der Waals surface area (Å²) in [5, 5.41) is 18.0. The molecular formula is C10H9NOS. The van der Waals surface area contributed by atoms with E-state index in [0.29, 0.717) is 16.9 Å². The normalized spacial score (nSPS) is 10.2. The number of hydrogen-bond acceptors (Lipinski definition) is 3. The first kappa shape index (κ1) is 9.69. The minimum Gasteiger partial charge on any atom is -0.507 e. The van der Waals surface area contributed by atoms with Crippen LogP contribution in [0.1, 0.15) is 11.1 Å². The smallest absolute Gasteiger partial charge is 0.122 e. The number of nitrogens with zero attached hydrogens (tertiary/aromatic N) is 1. The van der Waals surface area contributed by atoms with Gasteiger partial charge in [-0.1, -0.05) is 12.2 Å². The SMILES string of the molecule is N#Cc1ccc(O)c(C=CCS)c1. The van der Waals surface area contributed by atoms with Gasteiger partial charge in [-0.05, 0) is 18.2 Å². The molecule has 0 aliphatic rings. The van der Waals surface area contributed by atoms with Crippen LogP contribution in [0.5, 0.6) is 5.75 Å². The second-order valence-corrected chi connectivity index (χ2v) is 2.84. The third-order valence-corrected chi connectivity index (χ3v) is 1.77. The summed E-state index contributed by atoms with van der Waals surface area (Å²) in [5.74, 6) is 0.785. The first-order chi connectivity index (χ1) is 6.27. The molecule has 1 aromatic carbocycles. The lowest BCUT2D eigenvalue weighted by Crippen LogP contribution is -1.78. The van der Waals surface area contributed by atoms with Crippen LogP contribution in [0.3, 0.4) is 0 Å². The molecule has 3 heteroatoms. The van der Waals surface area contributed by atoms with Crippen molar-refractivity contribution in [2.45, 2.75) is 0 Å². The maximum Gasteiger partial charge on any atom is 0.122 e. The molecule has 0 spiro atoms. The Bertz CT molecular complexity index is 366. The number of benzene rings is 1. The number of aromatic hydroxyl groups is 1. The Morgan fingerprint density at radius 2 is 2.31 bits per heavy atom. The van der Waals surface area contributed by atoms with Crippen LogP contribution in [0.2, 0.25) is 0 Å². The number of nitriles is 1. The predicted molar refractivity (Wildman–Crippen MR) is 55.7 cm³/mol. The summed E-state index contributed by atoms with van der Waals surface area (Å²) in [6.07, 6.45) is 3.54. The average Bonchev–Trinajstić information content (AvgIpc) is 2.17. The molecule has 1 N–H and O–H groups in total. The van der Waals surface area contributed by atoms with E-state index in [9.17, 15) is 5.11 Å². The van der Waals surface area contributed by atoms with E-state index in [0.717, 1.165) is 0 Å². The summed E-state index contributed by atoms with van der Waals surface area (Å²) >= 11 is 4.00. The number of phenols is 1. The van der Waals surface area contributed by atoms with E-state index in [-0.39, 0.29) is 5.75 Å². The molecule has 0 aliphatic carbocycles. The van der Waals surface area contributed by atoms with Crippen molar-refractivity contribution in [2.75, 3.05) is 5.75 Å².